The molecule has 1 saturated heterocycles. The molecule has 12 heteroatoms. The molecular weight excluding hydrogens is 565 g/mol. The van der Waals surface area contributed by atoms with Gasteiger partial charge in [-0.1, -0.05) is 30.7 Å². The van der Waals surface area contributed by atoms with E-state index in [4.69, 9.17) is 21.1 Å². The normalized spacial score (nSPS) is 16.6. The summed E-state index contributed by atoms with van der Waals surface area (Å²) < 4.78 is 25.2. The van der Waals surface area contributed by atoms with Crippen LogP contribution in [0.3, 0.4) is 0 Å². The second-order valence-corrected chi connectivity index (χ2v) is 10.7. The molecule has 0 radical (unpaired) electrons. The lowest BCUT2D eigenvalue weighted by Crippen LogP contribution is -2.50. The van der Waals surface area contributed by atoms with Gasteiger partial charge in [-0.15, -0.1) is 0 Å². The zero-order chi connectivity index (χ0) is 29.8. The number of carbonyl (C=O) groups excluding carboxylic acids is 2. The highest BCUT2D eigenvalue weighted by Gasteiger charge is 2.37. The molecular formula is C30H33ClFN5O5. The van der Waals surface area contributed by atoms with Crippen molar-refractivity contribution in [1.29, 1.82) is 0 Å². The second-order valence-electron chi connectivity index (χ2n) is 10.3. The first-order chi connectivity index (χ1) is 20.3. The number of aliphatic hydroxyl groups excluding tert-OH is 1. The van der Waals surface area contributed by atoms with Gasteiger partial charge in [0.1, 0.15) is 17.6 Å². The average molecular weight is 598 g/mol. The Balaban J connectivity index is 1.34. The molecule has 0 spiro atoms. The van der Waals surface area contributed by atoms with Crippen LogP contribution in [0.25, 0.3) is 11.3 Å². The van der Waals surface area contributed by atoms with E-state index < -0.39 is 36.3 Å². The summed E-state index contributed by atoms with van der Waals surface area (Å²) >= 11 is 6.46. The summed E-state index contributed by atoms with van der Waals surface area (Å²) in [7, 11) is 1.47. The Morgan fingerprint density at radius 3 is 2.76 bits per heavy atom. The highest BCUT2D eigenvalue weighted by atomic mass is 35.5. The van der Waals surface area contributed by atoms with Gasteiger partial charge in [-0.05, 0) is 49.1 Å². The van der Waals surface area contributed by atoms with Crippen molar-refractivity contribution in [3.8, 4) is 17.0 Å². The van der Waals surface area contributed by atoms with Crippen LogP contribution in [0.2, 0.25) is 5.02 Å². The van der Waals surface area contributed by atoms with Crippen LogP contribution in [-0.4, -0.2) is 70.8 Å². The van der Waals surface area contributed by atoms with E-state index in [9.17, 15) is 19.1 Å². The summed E-state index contributed by atoms with van der Waals surface area (Å²) in [5.41, 5.74) is 2.44. The number of aliphatic hydroxyl groups is 1. The molecule has 1 aromatic heterocycles. The molecule has 10 nitrogen and oxygen atoms in total. The quantitative estimate of drug-likeness (QED) is 0.319. The number of amides is 2. The van der Waals surface area contributed by atoms with Crippen LogP contribution in [0.1, 0.15) is 53.7 Å². The van der Waals surface area contributed by atoms with Crippen LogP contribution in [0.5, 0.6) is 5.75 Å². The minimum Gasteiger partial charge on any atom is -0.497 e. The monoisotopic (exact) mass is 597 g/mol. The van der Waals surface area contributed by atoms with Crippen molar-refractivity contribution in [2.75, 3.05) is 32.2 Å². The summed E-state index contributed by atoms with van der Waals surface area (Å²) in [4.78, 5) is 37.1. The van der Waals surface area contributed by atoms with E-state index in [0.717, 1.165) is 12.8 Å². The number of aromatic nitrogens is 2. The summed E-state index contributed by atoms with van der Waals surface area (Å²) in [6.45, 7) is 2.68. The molecule has 3 aromatic rings. The Morgan fingerprint density at radius 1 is 1.26 bits per heavy atom. The van der Waals surface area contributed by atoms with E-state index >= 15 is 0 Å². The van der Waals surface area contributed by atoms with Crippen LogP contribution in [0, 0.1) is 5.82 Å². The summed E-state index contributed by atoms with van der Waals surface area (Å²) in [6.07, 6.45) is 3.60. The van der Waals surface area contributed by atoms with Crippen molar-refractivity contribution >= 4 is 29.4 Å². The zero-order valence-corrected chi connectivity index (χ0v) is 24.2. The molecule has 0 bridgehead atoms. The van der Waals surface area contributed by atoms with E-state index in [1.165, 1.54) is 36.4 Å². The Morgan fingerprint density at radius 2 is 2.05 bits per heavy atom. The van der Waals surface area contributed by atoms with Gasteiger partial charge in [0.2, 0.25) is 11.9 Å². The number of halogens is 2. The van der Waals surface area contributed by atoms with Crippen molar-refractivity contribution in [3.63, 3.8) is 0 Å². The Hall–Kier alpha value is -3.80. The molecule has 2 aromatic carbocycles. The number of hydrogen-bond donors (Lipinski definition) is 3. The van der Waals surface area contributed by atoms with Crippen LogP contribution in [-0.2, 0) is 16.1 Å². The zero-order valence-electron chi connectivity index (χ0n) is 23.4. The molecule has 2 atom stereocenters. The van der Waals surface area contributed by atoms with Gasteiger partial charge in [-0.3, -0.25) is 9.59 Å². The highest BCUT2D eigenvalue weighted by molar-refractivity contribution is 6.33. The fourth-order valence-electron chi connectivity index (χ4n) is 5.29. The molecule has 0 saturated carbocycles. The fourth-order valence-corrected chi connectivity index (χ4v) is 5.49. The van der Waals surface area contributed by atoms with E-state index in [-0.39, 0.29) is 18.2 Å². The second kappa shape index (κ2) is 13.0. The van der Waals surface area contributed by atoms with Gasteiger partial charge in [0.15, 0.2) is 0 Å². The van der Waals surface area contributed by atoms with Gasteiger partial charge in [0.25, 0.3) is 5.91 Å². The van der Waals surface area contributed by atoms with Crippen LogP contribution in [0.15, 0.2) is 42.6 Å². The SMILES string of the molecule is CCC(NC(=O)C(CO)N1Cc2ccc(-c3nc(NC4CCOCC4)ncc3Cl)cc2C1=O)c1cc(OC)ccc1F. The van der Waals surface area contributed by atoms with Gasteiger partial charge in [-0.25, -0.2) is 14.4 Å². The first-order valence-electron chi connectivity index (χ1n) is 13.9. The molecule has 2 unspecified atom stereocenters. The Kier molecular flexibility index (Phi) is 9.20. The first-order valence-corrected chi connectivity index (χ1v) is 14.3. The van der Waals surface area contributed by atoms with Crippen molar-refractivity contribution in [2.45, 2.75) is 50.9 Å². The first kappa shape index (κ1) is 29.7. The standard InChI is InChI=1S/C30H33ClFN5O5/c1-3-25(22-13-20(41-2)6-7-24(22)32)35-28(39)26(16-38)37-15-18-5-4-17(12-21(18)29(37)40)27-23(31)14-33-30(36-27)34-19-8-10-42-11-9-19/h4-7,12-14,19,25-26,38H,3,8-11,15-16H2,1-2H3,(H,35,39)(H,33,34,36). The van der Waals surface area contributed by atoms with Gasteiger partial charge >= 0.3 is 0 Å². The van der Waals surface area contributed by atoms with Crippen LogP contribution < -0.4 is 15.4 Å². The third-order valence-electron chi connectivity index (χ3n) is 7.67. The summed E-state index contributed by atoms with van der Waals surface area (Å²) in [5, 5.41) is 16.6. The number of ether oxygens (including phenoxy) is 2. The van der Waals surface area contributed by atoms with Gasteiger partial charge in [0, 0.05) is 42.5 Å². The van der Waals surface area contributed by atoms with Crippen molar-refractivity contribution < 1.29 is 28.6 Å². The maximum atomic E-state index is 14.6. The topological polar surface area (TPSA) is 126 Å². The number of anilines is 1. The number of rotatable bonds is 10. The smallest absolute Gasteiger partial charge is 0.255 e. The molecule has 3 N–H and O–H groups in total. The predicted octanol–water partition coefficient (Wildman–Crippen LogP) is 4.12. The third kappa shape index (κ3) is 6.18. The number of methoxy groups -OCH3 is 1. The fraction of sp³-hybridized carbons (Fsp3) is 0.400. The summed E-state index contributed by atoms with van der Waals surface area (Å²) in [5.74, 6) is -0.600. The number of nitrogens with one attached hydrogen (secondary N) is 2. The molecule has 3 heterocycles. The molecule has 0 aliphatic carbocycles. The predicted molar refractivity (Wildman–Crippen MR) is 155 cm³/mol. The van der Waals surface area contributed by atoms with Crippen LogP contribution in [0.4, 0.5) is 10.3 Å². The molecule has 42 heavy (non-hydrogen) atoms. The number of fused-ring (bicyclic) bond motifs is 1. The van der Waals surface area contributed by atoms with E-state index in [2.05, 4.69) is 20.6 Å². The molecule has 2 amide bonds. The summed E-state index contributed by atoms with van der Waals surface area (Å²) in [6, 6.07) is 7.93. The van der Waals surface area contributed by atoms with Gasteiger partial charge in [-0.2, -0.15) is 0 Å². The van der Waals surface area contributed by atoms with Gasteiger partial charge < -0.3 is 30.1 Å². The molecule has 222 valence electrons. The lowest BCUT2D eigenvalue weighted by molar-refractivity contribution is -0.127. The number of carbonyl (C=O) groups is 2. The lowest BCUT2D eigenvalue weighted by atomic mass is 10.0. The van der Waals surface area contributed by atoms with E-state index in [1.54, 1.807) is 19.1 Å². The lowest BCUT2D eigenvalue weighted by Gasteiger charge is -2.28. The minimum atomic E-state index is -1.17. The van der Waals surface area contributed by atoms with E-state index in [0.29, 0.717) is 58.7 Å². The number of nitrogens with zero attached hydrogens (tertiary/aromatic N) is 3. The number of hydrogen-bond acceptors (Lipinski definition) is 8. The van der Waals surface area contributed by atoms with Crippen molar-refractivity contribution in [1.82, 2.24) is 20.2 Å². The molecule has 5 rings (SSSR count). The molecule has 1 fully saturated rings. The van der Waals surface area contributed by atoms with Crippen molar-refractivity contribution in [3.05, 3.63) is 70.1 Å². The Bertz CT molecular complexity index is 1470. The third-order valence-corrected chi connectivity index (χ3v) is 7.95. The minimum absolute atomic E-state index is 0.130. The highest BCUT2D eigenvalue weighted by Crippen LogP contribution is 2.33. The maximum Gasteiger partial charge on any atom is 0.255 e. The Labute approximate surface area is 248 Å². The average Bonchev–Trinajstić information content (AvgIpc) is 3.33. The molecule has 2 aliphatic heterocycles. The maximum absolute atomic E-state index is 14.6. The van der Waals surface area contributed by atoms with Crippen LogP contribution >= 0.6 is 11.6 Å². The van der Waals surface area contributed by atoms with E-state index in [1.807, 2.05) is 6.07 Å². The largest absolute Gasteiger partial charge is 0.497 e. The number of benzene rings is 2. The molecule has 2 aliphatic rings. The van der Waals surface area contributed by atoms with Gasteiger partial charge in [0.05, 0.1) is 36.7 Å². The van der Waals surface area contributed by atoms with Crippen molar-refractivity contribution in [2.24, 2.45) is 0 Å².